The number of aryl methyl sites for hydroxylation is 2. The van der Waals surface area contributed by atoms with Gasteiger partial charge in [-0.2, -0.15) is 0 Å². The number of rotatable bonds is 6. The van der Waals surface area contributed by atoms with Crippen LogP contribution in [0.4, 0.5) is 5.00 Å². The average molecular weight is 430 g/mol. The second-order valence-electron chi connectivity index (χ2n) is 7.60. The van der Waals surface area contributed by atoms with E-state index in [-0.39, 0.29) is 5.91 Å². The van der Waals surface area contributed by atoms with E-state index in [1.807, 2.05) is 31.2 Å². The molecule has 30 heavy (non-hydrogen) atoms. The molecule has 1 aromatic carbocycles. The van der Waals surface area contributed by atoms with E-state index in [1.165, 1.54) is 24.0 Å². The summed E-state index contributed by atoms with van der Waals surface area (Å²) in [5.74, 6) is -3.11. The van der Waals surface area contributed by atoms with Crippen molar-refractivity contribution in [2.24, 2.45) is 11.8 Å². The van der Waals surface area contributed by atoms with Gasteiger partial charge in [0.2, 0.25) is 5.91 Å². The molecule has 2 aromatic rings. The fraction of sp³-hybridized carbons (Fsp3) is 0.435. The molecule has 2 N–H and O–H groups in total. The summed E-state index contributed by atoms with van der Waals surface area (Å²) in [6, 6.07) is 7.97. The van der Waals surface area contributed by atoms with Crippen LogP contribution in [0.15, 0.2) is 24.3 Å². The lowest BCUT2D eigenvalue weighted by Gasteiger charge is -2.27. The number of amides is 1. The van der Waals surface area contributed by atoms with Crippen molar-refractivity contribution < 1.29 is 24.2 Å². The maximum atomic E-state index is 13.0. The van der Waals surface area contributed by atoms with Gasteiger partial charge in [-0.3, -0.25) is 9.59 Å². The highest BCUT2D eigenvalue weighted by Gasteiger charge is 2.36. The summed E-state index contributed by atoms with van der Waals surface area (Å²) in [5.41, 5.74) is 3.13. The summed E-state index contributed by atoms with van der Waals surface area (Å²) in [6.07, 6.45) is 3.58. The number of carbonyl (C=O) groups excluding carboxylic acids is 2. The number of anilines is 1. The van der Waals surface area contributed by atoms with Gasteiger partial charge >= 0.3 is 11.9 Å². The van der Waals surface area contributed by atoms with E-state index < -0.39 is 23.8 Å². The minimum absolute atomic E-state index is 0.320. The summed E-state index contributed by atoms with van der Waals surface area (Å²) in [6.45, 7) is 3.98. The molecule has 7 heteroatoms. The second-order valence-corrected chi connectivity index (χ2v) is 8.83. The van der Waals surface area contributed by atoms with Gasteiger partial charge in [0.05, 0.1) is 18.9 Å². The van der Waals surface area contributed by atoms with Crippen molar-refractivity contribution in [2.45, 2.75) is 46.0 Å². The molecule has 6 nitrogen and oxygen atoms in total. The summed E-state index contributed by atoms with van der Waals surface area (Å²) in [7, 11) is 1.31. The number of ether oxygens (including phenoxy) is 1. The van der Waals surface area contributed by atoms with Gasteiger partial charge in [-0.05, 0) is 37.3 Å². The third kappa shape index (κ3) is 4.41. The maximum Gasteiger partial charge on any atom is 0.341 e. The van der Waals surface area contributed by atoms with E-state index in [0.717, 1.165) is 35.3 Å². The standard InChI is InChI=1S/C23H27NO5S/c1-4-14-9-11-15(12-10-14)18-13(2)30-21(19(18)23(28)29-3)24-20(25)16-7-5-6-8-17(16)22(26)27/h9-12,16-17H,4-8H2,1-3H3,(H,24,25)(H,26,27)/t16-,17+/m0/s1. The van der Waals surface area contributed by atoms with E-state index in [9.17, 15) is 19.5 Å². The summed E-state index contributed by atoms with van der Waals surface area (Å²) in [5, 5.41) is 12.8. The molecular weight excluding hydrogens is 402 g/mol. The number of hydrogen-bond acceptors (Lipinski definition) is 5. The molecule has 1 heterocycles. The number of carboxylic acid groups (broad SMARTS) is 1. The van der Waals surface area contributed by atoms with Crippen LogP contribution in [0.1, 0.15) is 53.4 Å². The topological polar surface area (TPSA) is 92.7 Å². The third-order valence-corrected chi connectivity index (χ3v) is 6.80. The van der Waals surface area contributed by atoms with E-state index >= 15 is 0 Å². The molecule has 160 valence electrons. The van der Waals surface area contributed by atoms with Crippen molar-refractivity contribution in [3.8, 4) is 11.1 Å². The van der Waals surface area contributed by atoms with Crippen LogP contribution in [0.2, 0.25) is 0 Å². The predicted molar refractivity (Wildman–Crippen MR) is 117 cm³/mol. The fourth-order valence-corrected chi connectivity index (χ4v) is 5.20. The van der Waals surface area contributed by atoms with E-state index in [2.05, 4.69) is 12.2 Å². The zero-order chi connectivity index (χ0) is 21.8. The van der Waals surface area contributed by atoms with Crippen LogP contribution in [0.25, 0.3) is 11.1 Å². The molecule has 1 fully saturated rings. The van der Waals surface area contributed by atoms with Crippen LogP contribution < -0.4 is 5.32 Å². The lowest BCUT2D eigenvalue weighted by atomic mass is 9.78. The minimum atomic E-state index is -0.942. The van der Waals surface area contributed by atoms with Crippen LogP contribution in [-0.4, -0.2) is 30.1 Å². The van der Waals surface area contributed by atoms with Crippen molar-refractivity contribution in [1.29, 1.82) is 0 Å². The SMILES string of the molecule is CCc1ccc(-c2c(C)sc(NC(=O)[C@H]3CCCC[C@H]3C(=O)O)c2C(=O)OC)cc1. The van der Waals surface area contributed by atoms with Crippen LogP contribution >= 0.6 is 11.3 Å². The van der Waals surface area contributed by atoms with Crippen molar-refractivity contribution in [3.63, 3.8) is 0 Å². The van der Waals surface area contributed by atoms with Crippen molar-refractivity contribution in [1.82, 2.24) is 0 Å². The Morgan fingerprint density at radius 3 is 2.33 bits per heavy atom. The molecule has 1 aliphatic carbocycles. The van der Waals surface area contributed by atoms with Gasteiger partial charge < -0.3 is 15.2 Å². The average Bonchev–Trinajstić information content (AvgIpc) is 3.08. The summed E-state index contributed by atoms with van der Waals surface area (Å²) in [4.78, 5) is 38.1. The number of nitrogens with one attached hydrogen (secondary N) is 1. The van der Waals surface area contributed by atoms with Crippen LogP contribution in [0.5, 0.6) is 0 Å². The Morgan fingerprint density at radius 1 is 1.13 bits per heavy atom. The quantitative estimate of drug-likeness (QED) is 0.637. The minimum Gasteiger partial charge on any atom is -0.481 e. The first-order valence-corrected chi connectivity index (χ1v) is 11.0. The van der Waals surface area contributed by atoms with E-state index in [4.69, 9.17) is 4.74 Å². The van der Waals surface area contributed by atoms with E-state index in [0.29, 0.717) is 23.4 Å². The highest BCUT2D eigenvalue weighted by atomic mass is 32.1. The van der Waals surface area contributed by atoms with Crippen LogP contribution in [0, 0.1) is 18.8 Å². The molecule has 1 aromatic heterocycles. The summed E-state index contributed by atoms with van der Waals surface area (Å²) >= 11 is 1.31. The number of methoxy groups -OCH3 is 1. The van der Waals surface area contributed by atoms with Gasteiger partial charge in [-0.1, -0.05) is 44.0 Å². The Labute approximate surface area is 180 Å². The number of aliphatic carboxylic acids is 1. The normalized spacial score (nSPS) is 18.6. The molecule has 3 rings (SSSR count). The number of hydrogen-bond donors (Lipinski definition) is 2. The number of benzene rings is 1. The highest BCUT2D eigenvalue weighted by Crippen LogP contribution is 2.41. The summed E-state index contributed by atoms with van der Waals surface area (Å²) < 4.78 is 5.01. The van der Waals surface area contributed by atoms with Crippen LogP contribution in [0.3, 0.4) is 0 Å². The van der Waals surface area contributed by atoms with Gasteiger partial charge in [-0.15, -0.1) is 11.3 Å². The molecule has 0 unspecified atom stereocenters. The van der Waals surface area contributed by atoms with Gasteiger partial charge in [0.1, 0.15) is 10.6 Å². The second kappa shape index (κ2) is 9.43. The predicted octanol–water partition coefficient (Wildman–Crippen LogP) is 4.90. The molecule has 0 saturated heterocycles. The Kier molecular flexibility index (Phi) is 6.92. The molecule has 1 amide bonds. The first-order chi connectivity index (χ1) is 14.4. The van der Waals surface area contributed by atoms with Gasteiger partial charge in [0, 0.05) is 10.4 Å². The molecule has 0 spiro atoms. The zero-order valence-corrected chi connectivity index (χ0v) is 18.3. The number of esters is 1. The number of thiophene rings is 1. The monoisotopic (exact) mass is 429 g/mol. The van der Waals surface area contributed by atoms with Crippen LogP contribution in [-0.2, 0) is 20.7 Å². The highest BCUT2D eigenvalue weighted by molar-refractivity contribution is 7.17. The zero-order valence-electron chi connectivity index (χ0n) is 17.5. The fourth-order valence-electron chi connectivity index (χ4n) is 4.13. The van der Waals surface area contributed by atoms with Gasteiger partial charge in [0.25, 0.3) is 0 Å². The molecule has 1 saturated carbocycles. The Bertz CT molecular complexity index is 947. The van der Waals surface area contributed by atoms with Crippen molar-refractivity contribution >= 4 is 34.2 Å². The Balaban J connectivity index is 1.97. The third-order valence-electron chi connectivity index (χ3n) is 5.78. The number of carboxylic acids is 1. The van der Waals surface area contributed by atoms with Gasteiger partial charge in [0.15, 0.2) is 0 Å². The maximum absolute atomic E-state index is 13.0. The smallest absolute Gasteiger partial charge is 0.341 e. The molecule has 2 atom stereocenters. The largest absolute Gasteiger partial charge is 0.481 e. The lowest BCUT2D eigenvalue weighted by Crippen LogP contribution is -2.36. The molecular formula is C23H27NO5S. The lowest BCUT2D eigenvalue weighted by molar-refractivity contribution is -0.147. The molecule has 0 aliphatic heterocycles. The molecule has 0 radical (unpaired) electrons. The van der Waals surface area contributed by atoms with Gasteiger partial charge in [-0.25, -0.2) is 4.79 Å². The molecule has 0 bridgehead atoms. The Hall–Kier alpha value is -2.67. The molecule has 1 aliphatic rings. The first-order valence-electron chi connectivity index (χ1n) is 10.2. The van der Waals surface area contributed by atoms with Crippen molar-refractivity contribution in [3.05, 3.63) is 40.3 Å². The van der Waals surface area contributed by atoms with E-state index in [1.54, 1.807) is 0 Å². The number of carbonyl (C=O) groups is 3. The first kappa shape index (κ1) is 22.0. The Morgan fingerprint density at radius 2 is 1.77 bits per heavy atom. The van der Waals surface area contributed by atoms with Crippen molar-refractivity contribution in [2.75, 3.05) is 12.4 Å².